The van der Waals surface area contributed by atoms with E-state index in [0.717, 1.165) is 25.7 Å². The van der Waals surface area contributed by atoms with Crippen molar-refractivity contribution >= 4 is 35.3 Å². The fraction of sp³-hybridized carbons (Fsp3) is 0.304. The Morgan fingerprint density at radius 2 is 1.68 bits per heavy atom. The van der Waals surface area contributed by atoms with E-state index >= 15 is 0 Å². The number of benzene rings is 2. The van der Waals surface area contributed by atoms with Crippen molar-refractivity contribution in [1.29, 1.82) is 0 Å². The summed E-state index contributed by atoms with van der Waals surface area (Å²) in [6, 6.07) is 12.0. The fourth-order valence-corrected chi connectivity index (χ4v) is 3.39. The van der Waals surface area contributed by atoms with E-state index in [1.165, 1.54) is 36.9 Å². The third kappa shape index (κ3) is 7.69. The van der Waals surface area contributed by atoms with Crippen LogP contribution in [0.2, 0.25) is 0 Å². The summed E-state index contributed by atoms with van der Waals surface area (Å²) >= 11 is 0. The fourth-order valence-electron chi connectivity index (χ4n) is 3.39. The van der Waals surface area contributed by atoms with Crippen LogP contribution in [-0.2, 0) is 14.4 Å². The number of carbonyl (C=O) groups excluding carboxylic acids is 3. The number of nitrogens with one attached hydrogen (secondary N) is 3. The summed E-state index contributed by atoms with van der Waals surface area (Å²) in [6.07, 6.45) is 6.86. The number of anilines is 1. The second-order valence-corrected chi connectivity index (χ2v) is 7.72. The predicted molar refractivity (Wildman–Crippen MR) is 124 cm³/mol. The Balaban J connectivity index is 1.40. The molecule has 0 unspecified atom stereocenters. The van der Waals surface area contributed by atoms with E-state index < -0.39 is 16.7 Å². The summed E-state index contributed by atoms with van der Waals surface area (Å²) in [7, 11) is 0. The summed E-state index contributed by atoms with van der Waals surface area (Å²) in [5, 5.41) is 19.7. The van der Waals surface area contributed by atoms with Gasteiger partial charge in [0.25, 0.3) is 11.6 Å². The number of hydrazone groups is 1. The average Bonchev–Trinajstić information content (AvgIpc) is 2.84. The average molecular weight is 467 g/mol. The molecule has 178 valence electrons. The molecule has 0 bridgehead atoms. The Bertz CT molecular complexity index is 1050. The van der Waals surface area contributed by atoms with E-state index in [4.69, 9.17) is 4.74 Å². The van der Waals surface area contributed by atoms with Crippen LogP contribution < -0.4 is 20.8 Å². The van der Waals surface area contributed by atoms with Gasteiger partial charge in [0.2, 0.25) is 0 Å². The van der Waals surface area contributed by atoms with Crippen molar-refractivity contribution in [2.45, 2.75) is 38.1 Å². The lowest BCUT2D eigenvalue weighted by molar-refractivity contribution is -0.384. The number of rotatable bonds is 8. The van der Waals surface area contributed by atoms with Crippen LogP contribution in [0, 0.1) is 10.1 Å². The Morgan fingerprint density at radius 3 is 2.32 bits per heavy atom. The number of nitrogens with zero attached hydrogens (tertiary/aromatic N) is 2. The zero-order valence-corrected chi connectivity index (χ0v) is 18.4. The number of amides is 3. The van der Waals surface area contributed by atoms with Crippen LogP contribution in [0.15, 0.2) is 53.6 Å². The van der Waals surface area contributed by atoms with Gasteiger partial charge in [0.1, 0.15) is 5.75 Å². The number of nitro groups is 1. The number of hydrogen-bond acceptors (Lipinski definition) is 7. The van der Waals surface area contributed by atoms with Crippen LogP contribution >= 0.6 is 0 Å². The van der Waals surface area contributed by atoms with E-state index in [1.807, 2.05) is 0 Å². The molecule has 0 atom stereocenters. The Kier molecular flexibility index (Phi) is 8.67. The minimum Gasteiger partial charge on any atom is -0.484 e. The quantitative estimate of drug-likeness (QED) is 0.235. The summed E-state index contributed by atoms with van der Waals surface area (Å²) in [5.74, 6) is -1.60. The van der Waals surface area contributed by atoms with Crippen molar-refractivity contribution in [2.75, 3.05) is 11.9 Å². The Labute approximate surface area is 195 Å². The van der Waals surface area contributed by atoms with E-state index in [0.29, 0.717) is 11.3 Å². The van der Waals surface area contributed by atoms with Crippen molar-refractivity contribution in [3.05, 3.63) is 64.2 Å². The summed E-state index contributed by atoms with van der Waals surface area (Å²) in [4.78, 5) is 45.8. The molecule has 1 aliphatic rings. The molecule has 2 aromatic carbocycles. The highest BCUT2D eigenvalue weighted by atomic mass is 16.6. The van der Waals surface area contributed by atoms with E-state index in [-0.39, 0.29) is 29.9 Å². The maximum Gasteiger partial charge on any atom is 0.329 e. The van der Waals surface area contributed by atoms with Crippen molar-refractivity contribution in [1.82, 2.24) is 10.7 Å². The highest BCUT2D eigenvalue weighted by Gasteiger charge is 2.16. The number of non-ortho nitro benzene ring substituents is 1. The Hall–Kier alpha value is -4.28. The number of nitro benzene ring substituents is 1. The number of ether oxygens (including phenoxy) is 1. The van der Waals surface area contributed by atoms with E-state index in [9.17, 15) is 24.5 Å². The van der Waals surface area contributed by atoms with Crippen LogP contribution in [0.1, 0.15) is 37.7 Å². The molecule has 1 saturated carbocycles. The van der Waals surface area contributed by atoms with Gasteiger partial charge in [-0.25, -0.2) is 5.43 Å². The molecule has 11 nitrogen and oxygen atoms in total. The molecule has 1 fully saturated rings. The monoisotopic (exact) mass is 467 g/mol. The second kappa shape index (κ2) is 12.1. The van der Waals surface area contributed by atoms with Gasteiger partial charge in [-0.05, 0) is 54.8 Å². The number of hydrogen-bond donors (Lipinski definition) is 3. The lowest BCUT2D eigenvalue weighted by atomic mass is 9.95. The summed E-state index contributed by atoms with van der Waals surface area (Å²) in [6.45, 7) is -0.0656. The van der Waals surface area contributed by atoms with E-state index in [1.54, 1.807) is 24.3 Å². The van der Waals surface area contributed by atoms with Crippen molar-refractivity contribution in [3.63, 3.8) is 0 Å². The zero-order chi connectivity index (χ0) is 24.3. The second-order valence-electron chi connectivity index (χ2n) is 7.72. The van der Waals surface area contributed by atoms with Gasteiger partial charge < -0.3 is 15.4 Å². The molecule has 1 aliphatic carbocycles. The zero-order valence-electron chi connectivity index (χ0n) is 18.4. The summed E-state index contributed by atoms with van der Waals surface area (Å²) in [5.41, 5.74) is 2.84. The van der Waals surface area contributed by atoms with Crippen LogP contribution in [0.4, 0.5) is 11.4 Å². The van der Waals surface area contributed by atoms with Gasteiger partial charge >= 0.3 is 11.8 Å². The highest BCUT2D eigenvalue weighted by Crippen LogP contribution is 2.17. The van der Waals surface area contributed by atoms with Gasteiger partial charge in [-0.1, -0.05) is 19.3 Å². The normalized spacial score (nSPS) is 13.8. The molecule has 0 heterocycles. The topological polar surface area (TPSA) is 152 Å². The largest absolute Gasteiger partial charge is 0.484 e. The molecule has 3 N–H and O–H groups in total. The standard InChI is InChI=1S/C23H25N5O6/c29-21(25-17-4-2-1-3-5-17)15-34-20-12-6-16(7-13-20)14-24-27-23(31)22(30)26-18-8-10-19(11-9-18)28(32)33/h6-14,17H,1-5,15H2,(H,25,29)(H,26,30)(H,27,31)/b24-14-. The third-order valence-corrected chi connectivity index (χ3v) is 5.14. The molecule has 3 amide bonds. The first-order chi connectivity index (χ1) is 16.4. The van der Waals surface area contributed by atoms with Crippen LogP contribution in [0.3, 0.4) is 0 Å². The SMILES string of the molecule is O=C(COc1ccc(/C=N\NC(=O)C(=O)Nc2ccc([N+](=O)[O-])cc2)cc1)NC1CCCCC1. The van der Waals surface area contributed by atoms with Crippen molar-refractivity contribution in [2.24, 2.45) is 5.10 Å². The predicted octanol–water partition coefficient (Wildman–Crippen LogP) is 2.51. The van der Waals surface area contributed by atoms with Gasteiger partial charge in [0, 0.05) is 23.9 Å². The molecule has 0 aliphatic heterocycles. The van der Waals surface area contributed by atoms with Crippen LogP contribution in [-0.4, -0.2) is 41.5 Å². The molecule has 3 rings (SSSR count). The number of carbonyl (C=O) groups is 3. The molecule has 0 radical (unpaired) electrons. The highest BCUT2D eigenvalue weighted by molar-refractivity contribution is 6.39. The molecular weight excluding hydrogens is 442 g/mol. The van der Waals surface area contributed by atoms with Gasteiger partial charge in [0.15, 0.2) is 6.61 Å². The lowest BCUT2D eigenvalue weighted by Crippen LogP contribution is -2.38. The van der Waals surface area contributed by atoms with E-state index in [2.05, 4.69) is 21.2 Å². The molecule has 0 aromatic heterocycles. The third-order valence-electron chi connectivity index (χ3n) is 5.14. The molecule has 0 spiro atoms. The van der Waals surface area contributed by atoms with Crippen LogP contribution in [0.25, 0.3) is 0 Å². The minimum atomic E-state index is -1.00. The lowest BCUT2D eigenvalue weighted by Gasteiger charge is -2.22. The molecule has 11 heteroatoms. The molecular formula is C23H25N5O6. The first-order valence-corrected chi connectivity index (χ1v) is 10.8. The molecule has 2 aromatic rings. The molecule has 34 heavy (non-hydrogen) atoms. The van der Waals surface area contributed by atoms with Gasteiger partial charge in [-0.2, -0.15) is 5.10 Å². The first kappa shape index (κ1) is 24.4. The van der Waals surface area contributed by atoms with Gasteiger partial charge in [-0.3, -0.25) is 24.5 Å². The Morgan fingerprint density at radius 1 is 1.00 bits per heavy atom. The maximum absolute atomic E-state index is 12.0. The summed E-state index contributed by atoms with van der Waals surface area (Å²) < 4.78 is 5.50. The smallest absolute Gasteiger partial charge is 0.329 e. The maximum atomic E-state index is 12.0. The van der Waals surface area contributed by atoms with Crippen molar-refractivity contribution < 1.29 is 24.0 Å². The van der Waals surface area contributed by atoms with Crippen molar-refractivity contribution in [3.8, 4) is 5.75 Å². The minimum absolute atomic E-state index is 0.0656. The first-order valence-electron chi connectivity index (χ1n) is 10.8. The van der Waals surface area contributed by atoms with Gasteiger partial charge in [-0.15, -0.1) is 0 Å². The molecule has 0 saturated heterocycles. The van der Waals surface area contributed by atoms with Gasteiger partial charge in [0.05, 0.1) is 11.1 Å². The van der Waals surface area contributed by atoms with Crippen LogP contribution in [0.5, 0.6) is 5.75 Å².